The van der Waals surface area contributed by atoms with Crippen molar-refractivity contribution >= 4 is 23.2 Å². The van der Waals surface area contributed by atoms with Gasteiger partial charge in [0.2, 0.25) is 0 Å². The number of alkyl halides is 5. The van der Waals surface area contributed by atoms with Crippen LogP contribution in [-0.2, 0) is 17.3 Å². The average Bonchev–Trinajstić information content (AvgIpc) is 2.74. The Labute approximate surface area is 148 Å². The molecule has 1 aromatic carbocycles. The Hall–Kier alpha value is -2.33. The summed E-state index contributed by atoms with van der Waals surface area (Å²) in [5.41, 5.74) is -2.63. The summed E-state index contributed by atoms with van der Waals surface area (Å²) in [7, 11) is 0. The summed E-state index contributed by atoms with van der Waals surface area (Å²) < 4.78 is 67.3. The van der Waals surface area contributed by atoms with Gasteiger partial charge in [-0.3, -0.25) is 9.78 Å². The fraction of sp³-hybridized carbons (Fsp3) is 0.267. The first-order valence-corrected chi connectivity index (χ1v) is 7.45. The van der Waals surface area contributed by atoms with Gasteiger partial charge in [-0.15, -0.1) is 0 Å². The lowest BCUT2D eigenvalue weighted by Gasteiger charge is -2.19. The zero-order chi connectivity index (χ0) is 19.3. The molecule has 1 aliphatic rings. The molecule has 0 saturated carbocycles. The van der Waals surface area contributed by atoms with Crippen LogP contribution in [0.4, 0.5) is 27.6 Å². The lowest BCUT2D eigenvalue weighted by molar-refractivity contribution is -0.207. The molecule has 0 unspecified atom stereocenters. The average molecular weight is 394 g/mol. The van der Waals surface area contributed by atoms with Crippen LogP contribution in [0.5, 0.6) is 0 Å². The molecule has 2 heterocycles. The predicted octanol–water partition coefficient (Wildman–Crippen LogP) is 3.36. The molecule has 138 valence electrons. The highest BCUT2D eigenvalue weighted by Gasteiger charge is 2.56. The number of fused-ring (bicyclic) bond motifs is 1. The van der Waals surface area contributed by atoms with Gasteiger partial charge in [0.1, 0.15) is 5.15 Å². The Balaban J connectivity index is 2.10. The molecule has 0 radical (unpaired) electrons. The molecule has 1 amide bonds. The Morgan fingerprint density at radius 3 is 2.58 bits per heavy atom. The summed E-state index contributed by atoms with van der Waals surface area (Å²) in [6.07, 6.45) is -5.94. The van der Waals surface area contributed by atoms with Crippen molar-refractivity contribution in [3.05, 3.63) is 52.6 Å². The monoisotopic (exact) mass is 393 g/mol. The van der Waals surface area contributed by atoms with E-state index in [-0.39, 0.29) is 10.8 Å². The fourth-order valence-electron chi connectivity index (χ4n) is 2.69. The van der Waals surface area contributed by atoms with Crippen LogP contribution in [0.3, 0.4) is 0 Å². The van der Waals surface area contributed by atoms with E-state index < -0.39 is 47.5 Å². The minimum Gasteiger partial charge on any atom is -0.379 e. The third-order valence-electron chi connectivity index (χ3n) is 3.77. The molecule has 1 aliphatic heterocycles. The van der Waals surface area contributed by atoms with E-state index >= 15 is 0 Å². The van der Waals surface area contributed by atoms with Gasteiger partial charge >= 0.3 is 18.0 Å². The van der Waals surface area contributed by atoms with E-state index in [1.807, 2.05) is 0 Å². The maximum atomic E-state index is 14.4. The minimum atomic E-state index is -5.17. The fourth-order valence-corrected chi connectivity index (χ4v) is 2.85. The number of carbonyl (C=O) groups is 1. The molecule has 0 saturated heterocycles. The normalized spacial score (nSPS) is 17.3. The molecule has 3 rings (SSSR count). The van der Waals surface area contributed by atoms with Crippen molar-refractivity contribution in [3.8, 4) is 0 Å². The van der Waals surface area contributed by atoms with Gasteiger partial charge in [-0.05, 0) is 6.07 Å². The van der Waals surface area contributed by atoms with Crippen molar-refractivity contribution in [1.82, 2.24) is 9.97 Å². The Morgan fingerprint density at radius 1 is 1.27 bits per heavy atom. The summed E-state index contributed by atoms with van der Waals surface area (Å²) in [4.78, 5) is 20.3. The molecule has 1 atom stereocenters. The number of hydrogen-bond acceptors (Lipinski definition) is 4. The van der Waals surface area contributed by atoms with Crippen molar-refractivity contribution in [2.75, 3.05) is 4.90 Å². The van der Waals surface area contributed by atoms with Crippen molar-refractivity contribution in [2.45, 2.75) is 24.7 Å². The number of aliphatic hydroxyl groups is 1. The number of anilines is 1. The maximum absolute atomic E-state index is 14.4. The number of aliphatic hydroxyl groups excluding tert-OH is 1. The maximum Gasteiger partial charge on any atom is 0.418 e. The number of hydrogen-bond donors (Lipinski definition) is 1. The quantitative estimate of drug-likeness (QED) is 0.812. The molecule has 1 aromatic heterocycles. The summed E-state index contributed by atoms with van der Waals surface area (Å²) in [5.74, 6) is -5.96. The van der Waals surface area contributed by atoms with Crippen LogP contribution >= 0.6 is 11.6 Å². The molecular formula is C15H9ClF5N3O2. The SMILES string of the molecule is O=C1N(Cc2cncc(Cl)n2)c2cccc([C@@H](O)C(F)(F)F)c2C1(F)F. The smallest absolute Gasteiger partial charge is 0.379 e. The Morgan fingerprint density at radius 2 is 1.96 bits per heavy atom. The summed E-state index contributed by atoms with van der Waals surface area (Å²) in [5, 5.41) is 9.38. The van der Waals surface area contributed by atoms with Gasteiger partial charge in [-0.2, -0.15) is 22.0 Å². The van der Waals surface area contributed by atoms with Crippen molar-refractivity contribution in [3.63, 3.8) is 0 Å². The van der Waals surface area contributed by atoms with Crippen molar-refractivity contribution < 1.29 is 31.9 Å². The molecule has 0 aliphatic carbocycles. The van der Waals surface area contributed by atoms with Crippen LogP contribution in [0.1, 0.15) is 22.9 Å². The van der Waals surface area contributed by atoms with E-state index in [1.165, 1.54) is 12.4 Å². The second-order valence-corrected chi connectivity index (χ2v) is 5.87. The lowest BCUT2D eigenvalue weighted by Crippen LogP contribution is -2.34. The summed E-state index contributed by atoms with van der Waals surface area (Å²) in [6, 6.07) is 2.83. The summed E-state index contributed by atoms with van der Waals surface area (Å²) >= 11 is 5.66. The number of carbonyl (C=O) groups excluding carboxylic acids is 1. The number of aromatic nitrogens is 2. The van der Waals surface area contributed by atoms with Crippen LogP contribution in [0.25, 0.3) is 0 Å². The van der Waals surface area contributed by atoms with Gasteiger partial charge in [0.05, 0.1) is 35.9 Å². The van der Waals surface area contributed by atoms with Crippen molar-refractivity contribution in [2.24, 2.45) is 0 Å². The Bertz CT molecular complexity index is 875. The Kier molecular flexibility index (Phi) is 4.35. The topological polar surface area (TPSA) is 66.3 Å². The second kappa shape index (κ2) is 6.13. The van der Waals surface area contributed by atoms with Gasteiger partial charge in [0.15, 0.2) is 6.10 Å². The zero-order valence-corrected chi connectivity index (χ0v) is 13.4. The highest BCUT2D eigenvalue weighted by molar-refractivity contribution is 6.29. The van der Waals surface area contributed by atoms with Gasteiger partial charge in [0, 0.05) is 5.56 Å². The molecule has 26 heavy (non-hydrogen) atoms. The second-order valence-electron chi connectivity index (χ2n) is 5.48. The minimum absolute atomic E-state index is 0.0395. The predicted molar refractivity (Wildman–Crippen MR) is 79.6 cm³/mol. The number of benzene rings is 1. The van der Waals surface area contributed by atoms with Crippen LogP contribution in [0, 0.1) is 0 Å². The number of nitrogens with zero attached hydrogens (tertiary/aromatic N) is 3. The first kappa shape index (κ1) is 18.5. The number of halogens is 6. The van der Waals surface area contributed by atoms with Crippen LogP contribution in [-0.4, -0.2) is 27.2 Å². The van der Waals surface area contributed by atoms with Crippen LogP contribution in [0.2, 0.25) is 5.15 Å². The highest BCUT2D eigenvalue weighted by atomic mass is 35.5. The molecule has 5 nitrogen and oxygen atoms in total. The van der Waals surface area contributed by atoms with Gasteiger partial charge in [0.25, 0.3) is 0 Å². The van der Waals surface area contributed by atoms with Gasteiger partial charge in [-0.25, -0.2) is 4.98 Å². The molecule has 11 heteroatoms. The van der Waals surface area contributed by atoms with Gasteiger partial charge in [-0.1, -0.05) is 23.7 Å². The standard InChI is InChI=1S/C15H9ClF5N3O2/c16-10-5-22-4-7(23-10)6-24-9-3-1-2-8(12(25)15(19,20)21)11(9)14(17,18)13(24)26/h1-5,12,25H,6H2/t12-/m1/s1. The number of rotatable bonds is 3. The highest BCUT2D eigenvalue weighted by Crippen LogP contribution is 2.49. The van der Waals surface area contributed by atoms with Crippen molar-refractivity contribution in [1.29, 1.82) is 0 Å². The molecule has 1 N–H and O–H groups in total. The lowest BCUT2D eigenvalue weighted by atomic mass is 9.97. The largest absolute Gasteiger partial charge is 0.418 e. The van der Waals surface area contributed by atoms with Crippen LogP contribution < -0.4 is 4.90 Å². The third kappa shape index (κ3) is 2.99. The number of amides is 1. The first-order chi connectivity index (χ1) is 12.0. The molecule has 0 bridgehead atoms. The van der Waals surface area contributed by atoms with E-state index in [9.17, 15) is 31.9 Å². The zero-order valence-electron chi connectivity index (χ0n) is 12.6. The summed E-state index contributed by atoms with van der Waals surface area (Å²) in [6.45, 7) is -0.472. The van der Waals surface area contributed by atoms with E-state index in [1.54, 1.807) is 0 Å². The van der Waals surface area contributed by atoms with E-state index in [4.69, 9.17) is 11.6 Å². The van der Waals surface area contributed by atoms with Gasteiger partial charge < -0.3 is 10.0 Å². The molecule has 2 aromatic rings. The first-order valence-electron chi connectivity index (χ1n) is 7.08. The molecule has 0 fully saturated rings. The third-order valence-corrected chi connectivity index (χ3v) is 3.96. The molecule has 0 spiro atoms. The van der Waals surface area contributed by atoms with E-state index in [0.29, 0.717) is 11.0 Å². The van der Waals surface area contributed by atoms with E-state index in [2.05, 4.69) is 9.97 Å². The molecular weight excluding hydrogens is 385 g/mol. The van der Waals surface area contributed by atoms with E-state index in [0.717, 1.165) is 12.1 Å². The van der Waals surface area contributed by atoms with Crippen LogP contribution in [0.15, 0.2) is 30.6 Å².